The highest BCUT2D eigenvalue weighted by Gasteiger charge is 2.19. The molecule has 3 aromatic rings. The normalized spacial score (nSPS) is 12.0. The third kappa shape index (κ3) is 4.34. The number of aryl methyl sites for hydroxylation is 1. The molecule has 29 heavy (non-hydrogen) atoms. The van der Waals surface area contributed by atoms with Crippen molar-refractivity contribution < 1.29 is 4.79 Å². The lowest BCUT2D eigenvalue weighted by Gasteiger charge is -2.12. The molecule has 3 rings (SSSR count). The first kappa shape index (κ1) is 20.7. The largest absolute Gasteiger partial charge is 0.316 e. The van der Waals surface area contributed by atoms with E-state index in [0.717, 1.165) is 22.6 Å². The van der Waals surface area contributed by atoms with E-state index in [1.165, 1.54) is 0 Å². The van der Waals surface area contributed by atoms with Crippen LogP contribution in [0.25, 0.3) is 5.69 Å². The molecule has 0 unspecified atom stereocenters. The molecule has 146 valence electrons. The third-order valence-corrected chi connectivity index (χ3v) is 5.35. The molecule has 1 atom stereocenters. The second kappa shape index (κ2) is 8.95. The van der Waals surface area contributed by atoms with Crippen LogP contribution in [0.4, 0.5) is 0 Å². The lowest BCUT2D eigenvalue weighted by Crippen LogP contribution is -2.24. The summed E-state index contributed by atoms with van der Waals surface area (Å²) in [6.45, 7) is 3.87. The first-order valence-corrected chi connectivity index (χ1v) is 9.60. The molecule has 2 aromatic carbocycles. The highest BCUT2D eigenvalue weighted by Crippen LogP contribution is 2.31. The number of rotatable bonds is 5. The predicted octanol–water partition coefficient (Wildman–Crippen LogP) is 5.16. The first-order valence-electron chi connectivity index (χ1n) is 8.85. The molecule has 0 bridgehead atoms. The van der Waals surface area contributed by atoms with Gasteiger partial charge in [0.15, 0.2) is 5.92 Å². The third-order valence-electron chi connectivity index (χ3n) is 4.54. The molecular formula is C22H18Cl2N4O. The van der Waals surface area contributed by atoms with Gasteiger partial charge in [0.25, 0.3) is 5.91 Å². The van der Waals surface area contributed by atoms with Crippen LogP contribution in [0.3, 0.4) is 0 Å². The Bertz CT molecular complexity index is 1110. The van der Waals surface area contributed by atoms with E-state index in [0.29, 0.717) is 15.6 Å². The van der Waals surface area contributed by atoms with Gasteiger partial charge in [-0.05, 0) is 37.6 Å². The summed E-state index contributed by atoms with van der Waals surface area (Å²) in [4.78, 5) is 12.3. The van der Waals surface area contributed by atoms with E-state index in [1.807, 2.05) is 48.7 Å². The van der Waals surface area contributed by atoms with Crippen LogP contribution in [0.2, 0.25) is 10.0 Å². The van der Waals surface area contributed by atoms with Gasteiger partial charge in [0.2, 0.25) is 0 Å². The van der Waals surface area contributed by atoms with Crippen molar-refractivity contribution in [2.45, 2.75) is 19.8 Å². The summed E-state index contributed by atoms with van der Waals surface area (Å²) in [5.41, 5.74) is 6.49. The van der Waals surface area contributed by atoms with Crippen molar-refractivity contribution in [1.29, 1.82) is 5.26 Å². The van der Waals surface area contributed by atoms with Crippen molar-refractivity contribution in [3.63, 3.8) is 0 Å². The van der Waals surface area contributed by atoms with Gasteiger partial charge in [0, 0.05) is 17.0 Å². The summed E-state index contributed by atoms with van der Waals surface area (Å²) in [6.07, 6.45) is 1.55. The van der Waals surface area contributed by atoms with Crippen LogP contribution in [0.5, 0.6) is 0 Å². The summed E-state index contributed by atoms with van der Waals surface area (Å²) in [6, 6.07) is 18.3. The first-order chi connectivity index (χ1) is 13.9. The van der Waals surface area contributed by atoms with Gasteiger partial charge in [0.05, 0.1) is 28.0 Å². The van der Waals surface area contributed by atoms with Gasteiger partial charge in [-0.1, -0.05) is 59.6 Å². The van der Waals surface area contributed by atoms with Crippen molar-refractivity contribution in [2.75, 3.05) is 0 Å². The van der Waals surface area contributed by atoms with Crippen LogP contribution in [0, 0.1) is 25.2 Å². The zero-order valence-electron chi connectivity index (χ0n) is 15.9. The van der Waals surface area contributed by atoms with Gasteiger partial charge in [0.1, 0.15) is 0 Å². The van der Waals surface area contributed by atoms with Crippen LogP contribution in [0.1, 0.15) is 28.4 Å². The standard InChI is InChI=1S/C22H18Cl2N4O/c1-14-11-17(15(2)28(14)20-10-6-9-19(23)21(20)24)13-26-27-22(29)18(12-25)16-7-4-3-5-8-16/h3-11,13,18H,1-2H3,(H,27,29)/b26-13-/t18-/m0/s1. The van der Waals surface area contributed by atoms with E-state index >= 15 is 0 Å². The van der Waals surface area contributed by atoms with E-state index in [1.54, 1.807) is 36.5 Å². The monoisotopic (exact) mass is 424 g/mol. The Labute approximate surface area is 179 Å². The van der Waals surface area contributed by atoms with Gasteiger partial charge in [-0.25, -0.2) is 5.43 Å². The maximum Gasteiger partial charge on any atom is 0.261 e. The molecular weight excluding hydrogens is 407 g/mol. The lowest BCUT2D eigenvalue weighted by atomic mass is 10.0. The smallest absolute Gasteiger partial charge is 0.261 e. The average Bonchev–Trinajstić information content (AvgIpc) is 2.99. The molecule has 0 saturated heterocycles. The van der Waals surface area contributed by atoms with Crippen LogP contribution in [-0.4, -0.2) is 16.7 Å². The molecule has 0 spiro atoms. The minimum Gasteiger partial charge on any atom is -0.316 e. The Balaban J connectivity index is 1.81. The number of nitriles is 1. The van der Waals surface area contributed by atoms with Crippen LogP contribution >= 0.6 is 23.2 Å². The number of nitrogens with one attached hydrogen (secondary N) is 1. The second-order valence-electron chi connectivity index (χ2n) is 6.44. The predicted molar refractivity (Wildman–Crippen MR) is 116 cm³/mol. The highest BCUT2D eigenvalue weighted by atomic mass is 35.5. The van der Waals surface area contributed by atoms with Gasteiger partial charge in [-0.15, -0.1) is 0 Å². The number of amides is 1. The van der Waals surface area contributed by atoms with E-state index in [2.05, 4.69) is 10.5 Å². The zero-order chi connectivity index (χ0) is 21.0. The minimum absolute atomic E-state index is 0.465. The van der Waals surface area contributed by atoms with Gasteiger partial charge >= 0.3 is 0 Å². The summed E-state index contributed by atoms with van der Waals surface area (Å²) in [5, 5.41) is 14.3. The molecule has 0 aliphatic carbocycles. The van der Waals surface area contributed by atoms with Crippen LogP contribution in [-0.2, 0) is 4.79 Å². The summed E-state index contributed by atoms with van der Waals surface area (Å²) >= 11 is 12.5. The lowest BCUT2D eigenvalue weighted by molar-refractivity contribution is -0.121. The Morgan fingerprint density at radius 3 is 2.59 bits per heavy atom. The topological polar surface area (TPSA) is 70.2 Å². The Morgan fingerprint density at radius 1 is 1.17 bits per heavy atom. The van der Waals surface area contributed by atoms with Crippen molar-refractivity contribution >= 4 is 35.3 Å². The Kier molecular flexibility index (Phi) is 6.38. The molecule has 1 N–H and O–H groups in total. The van der Waals surface area contributed by atoms with Gasteiger partial charge < -0.3 is 4.57 Å². The summed E-state index contributed by atoms with van der Waals surface area (Å²) in [7, 11) is 0. The van der Waals surface area contributed by atoms with Gasteiger partial charge in [-0.2, -0.15) is 10.4 Å². The molecule has 5 nitrogen and oxygen atoms in total. The second-order valence-corrected chi connectivity index (χ2v) is 7.23. The number of carbonyl (C=O) groups excluding carboxylic acids is 1. The van der Waals surface area contributed by atoms with E-state index in [9.17, 15) is 10.1 Å². The summed E-state index contributed by atoms with van der Waals surface area (Å²) in [5.74, 6) is -1.41. The number of benzene rings is 2. The van der Waals surface area contributed by atoms with E-state index in [4.69, 9.17) is 23.2 Å². The fourth-order valence-corrected chi connectivity index (χ4v) is 3.49. The molecule has 0 radical (unpaired) electrons. The van der Waals surface area contributed by atoms with Crippen molar-refractivity contribution in [3.8, 4) is 11.8 Å². The number of hydrogen-bond donors (Lipinski definition) is 1. The highest BCUT2D eigenvalue weighted by molar-refractivity contribution is 6.43. The van der Waals surface area contributed by atoms with Crippen LogP contribution < -0.4 is 5.43 Å². The van der Waals surface area contributed by atoms with Gasteiger partial charge in [-0.3, -0.25) is 4.79 Å². The fourth-order valence-electron chi connectivity index (χ4n) is 3.11. The molecule has 1 amide bonds. The number of aromatic nitrogens is 1. The number of hydrazone groups is 1. The molecule has 1 heterocycles. The van der Waals surface area contributed by atoms with E-state index in [-0.39, 0.29) is 0 Å². The fraction of sp³-hybridized carbons (Fsp3) is 0.136. The molecule has 1 aromatic heterocycles. The Hall–Kier alpha value is -3.07. The zero-order valence-corrected chi connectivity index (χ0v) is 17.4. The SMILES string of the molecule is Cc1cc(/C=N\NC(=O)[C@@H](C#N)c2ccccc2)c(C)n1-c1cccc(Cl)c1Cl. The summed E-state index contributed by atoms with van der Waals surface area (Å²) < 4.78 is 1.97. The molecule has 0 aliphatic rings. The van der Waals surface area contributed by atoms with Crippen molar-refractivity contribution in [1.82, 2.24) is 9.99 Å². The van der Waals surface area contributed by atoms with E-state index < -0.39 is 11.8 Å². The molecule has 0 fully saturated rings. The van der Waals surface area contributed by atoms with Crippen molar-refractivity contribution in [3.05, 3.63) is 87.2 Å². The maximum atomic E-state index is 12.3. The van der Waals surface area contributed by atoms with Crippen molar-refractivity contribution in [2.24, 2.45) is 5.10 Å². The number of hydrogen-bond acceptors (Lipinski definition) is 3. The maximum absolute atomic E-state index is 12.3. The average molecular weight is 425 g/mol. The minimum atomic E-state index is -0.925. The Morgan fingerprint density at radius 2 is 1.90 bits per heavy atom. The number of nitrogens with zero attached hydrogens (tertiary/aromatic N) is 3. The number of halogens is 2. The molecule has 7 heteroatoms. The number of carbonyl (C=O) groups is 1. The molecule has 0 saturated carbocycles. The van der Waals surface area contributed by atoms with Crippen LogP contribution in [0.15, 0.2) is 59.7 Å². The quantitative estimate of drug-likeness (QED) is 0.453. The molecule has 0 aliphatic heterocycles.